The highest BCUT2D eigenvalue weighted by atomic mass is 35.5. The average molecular weight is 438 g/mol. The van der Waals surface area contributed by atoms with Gasteiger partial charge in [-0.2, -0.15) is 18.4 Å². The van der Waals surface area contributed by atoms with Crippen molar-refractivity contribution in [3.05, 3.63) is 52.7 Å². The molecular formula is C20H19ClF3N5O. The number of nitriles is 1. The molecule has 1 N–H and O–H groups in total. The number of halogens is 4. The van der Waals surface area contributed by atoms with Crippen molar-refractivity contribution < 1.29 is 18.0 Å². The fourth-order valence-corrected chi connectivity index (χ4v) is 3.47. The first-order valence-corrected chi connectivity index (χ1v) is 9.59. The molecule has 0 spiro atoms. The van der Waals surface area contributed by atoms with Crippen molar-refractivity contribution in [2.45, 2.75) is 19.1 Å². The molecule has 0 aliphatic carbocycles. The number of amides is 1. The zero-order chi connectivity index (χ0) is 21.9. The van der Waals surface area contributed by atoms with Crippen LogP contribution in [0.1, 0.15) is 18.1 Å². The monoisotopic (exact) mass is 437 g/mol. The topological polar surface area (TPSA) is 72.3 Å². The van der Waals surface area contributed by atoms with Crippen LogP contribution in [0, 0.1) is 11.3 Å². The van der Waals surface area contributed by atoms with E-state index < -0.39 is 17.8 Å². The number of nitrogens with zero attached hydrogens (tertiary/aromatic N) is 4. The van der Waals surface area contributed by atoms with Crippen molar-refractivity contribution in [3.8, 4) is 6.07 Å². The minimum atomic E-state index is -4.49. The van der Waals surface area contributed by atoms with Crippen molar-refractivity contribution in [2.75, 3.05) is 36.4 Å². The number of benzene rings is 1. The number of aromatic nitrogens is 1. The molecule has 1 amide bonds. The van der Waals surface area contributed by atoms with Crippen LogP contribution in [-0.4, -0.2) is 48.0 Å². The molecule has 1 fully saturated rings. The number of carbonyl (C=O) groups excluding carboxylic acids is 1. The highest BCUT2D eigenvalue weighted by Gasteiger charge is 2.33. The number of rotatable bonds is 4. The Morgan fingerprint density at radius 3 is 2.40 bits per heavy atom. The number of piperazine rings is 1. The summed E-state index contributed by atoms with van der Waals surface area (Å²) in [5.41, 5.74) is 0.223. The number of pyridine rings is 1. The maximum Gasteiger partial charge on any atom is 0.417 e. The first-order valence-electron chi connectivity index (χ1n) is 9.22. The highest BCUT2D eigenvalue weighted by Crippen LogP contribution is 2.33. The molecule has 1 aromatic heterocycles. The lowest BCUT2D eigenvalue weighted by molar-refractivity contribution is -0.137. The third kappa shape index (κ3) is 5.01. The van der Waals surface area contributed by atoms with Gasteiger partial charge in [0.15, 0.2) is 0 Å². The average Bonchev–Trinajstić information content (AvgIpc) is 2.73. The molecule has 1 saturated heterocycles. The van der Waals surface area contributed by atoms with Gasteiger partial charge in [-0.15, -0.1) is 0 Å². The smallest absolute Gasteiger partial charge is 0.353 e. The summed E-state index contributed by atoms with van der Waals surface area (Å²) >= 11 is 6.03. The van der Waals surface area contributed by atoms with Gasteiger partial charge < -0.3 is 10.2 Å². The minimum absolute atomic E-state index is 0.0510. The van der Waals surface area contributed by atoms with Crippen LogP contribution in [-0.2, 0) is 11.0 Å². The number of hydrogen-bond donors (Lipinski definition) is 1. The third-order valence-corrected chi connectivity index (χ3v) is 5.25. The Bertz CT molecular complexity index is 950. The first kappa shape index (κ1) is 21.9. The van der Waals surface area contributed by atoms with E-state index in [2.05, 4.69) is 10.3 Å². The number of alkyl halides is 3. The lowest BCUT2D eigenvalue weighted by Gasteiger charge is -2.38. The first-order chi connectivity index (χ1) is 14.2. The molecule has 1 aliphatic rings. The summed E-state index contributed by atoms with van der Waals surface area (Å²) in [4.78, 5) is 20.2. The number of hydrogen-bond acceptors (Lipinski definition) is 5. The second kappa shape index (κ2) is 8.90. The Morgan fingerprint density at radius 2 is 1.87 bits per heavy atom. The van der Waals surface area contributed by atoms with Gasteiger partial charge in [0.25, 0.3) is 0 Å². The zero-order valence-corrected chi connectivity index (χ0v) is 16.8. The molecule has 0 bridgehead atoms. The van der Waals surface area contributed by atoms with Crippen molar-refractivity contribution in [1.82, 2.24) is 9.88 Å². The lowest BCUT2D eigenvalue weighted by Crippen LogP contribution is -2.53. The summed E-state index contributed by atoms with van der Waals surface area (Å²) in [5, 5.41) is 11.6. The molecular weight excluding hydrogens is 419 g/mol. The van der Waals surface area contributed by atoms with Gasteiger partial charge in [0.1, 0.15) is 5.82 Å². The van der Waals surface area contributed by atoms with Crippen LogP contribution in [0.25, 0.3) is 0 Å². The summed E-state index contributed by atoms with van der Waals surface area (Å²) in [6.07, 6.45) is -3.72. The predicted molar refractivity (Wildman–Crippen MR) is 107 cm³/mol. The van der Waals surface area contributed by atoms with Crippen molar-refractivity contribution in [3.63, 3.8) is 0 Å². The molecule has 0 saturated carbocycles. The van der Waals surface area contributed by atoms with E-state index in [-0.39, 0.29) is 10.9 Å². The Morgan fingerprint density at radius 1 is 1.23 bits per heavy atom. The van der Waals surface area contributed by atoms with Crippen molar-refractivity contribution >= 4 is 29.0 Å². The molecule has 2 heterocycles. The molecule has 30 heavy (non-hydrogen) atoms. The standard InChI is InChI=1S/C20H19ClF3N5O/c1-13(19(30)27-16-4-2-14(11-25)3-5-16)28-6-8-29(9-7-28)18-17(21)10-15(12-26-18)20(22,23)24/h2-5,10,12-13H,6-9H2,1H3,(H,27,30)/t13-/m0/s1. The maximum absolute atomic E-state index is 12.8. The van der Waals surface area contributed by atoms with E-state index >= 15 is 0 Å². The van der Waals surface area contributed by atoms with Crippen LogP contribution in [0.3, 0.4) is 0 Å². The summed E-state index contributed by atoms with van der Waals surface area (Å²) < 4.78 is 38.3. The predicted octanol–water partition coefficient (Wildman–Crippen LogP) is 3.77. The SMILES string of the molecule is C[C@@H](C(=O)Nc1ccc(C#N)cc1)N1CCN(c2ncc(C(F)(F)F)cc2Cl)CC1. The van der Waals surface area contributed by atoms with Gasteiger partial charge in [0, 0.05) is 38.1 Å². The molecule has 1 atom stereocenters. The fraction of sp³-hybridized carbons (Fsp3) is 0.350. The summed E-state index contributed by atoms with van der Waals surface area (Å²) in [6.45, 7) is 3.80. The van der Waals surface area contributed by atoms with Crippen LogP contribution in [0.15, 0.2) is 36.5 Å². The largest absolute Gasteiger partial charge is 0.417 e. The molecule has 1 aromatic carbocycles. The van der Waals surface area contributed by atoms with Crippen molar-refractivity contribution in [1.29, 1.82) is 5.26 Å². The molecule has 6 nitrogen and oxygen atoms in total. The van der Waals surface area contributed by atoms with E-state index in [9.17, 15) is 18.0 Å². The Kier molecular flexibility index (Phi) is 6.48. The van der Waals surface area contributed by atoms with Gasteiger partial charge in [0.2, 0.25) is 5.91 Å². The van der Waals surface area contributed by atoms with E-state index in [4.69, 9.17) is 16.9 Å². The molecule has 0 unspecified atom stereocenters. The van der Waals surface area contributed by atoms with Crippen LogP contribution < -0.4 is 10.2 Å². The van der Waals surface area contributed by atoms with Crippen molar-refractivity contribution in [2.24, 2.45) is 0 Å². The maximum atomic E-state index is 12.8. The number of nitrogens with one attached hydrogen (secondary N) is 1. The van der Waals surface area contributed by atoms with E-state index in [1.54, 1.807) is 31.2 Å². The Labute approximate surface area is 176 Å². The molecule has 10 heteroatoms. The van der Waals surface area contributed by atoms with E-state index in [1.807, 2.05) is 15.9 Å². The normalized spacial score (nSPS) is 16.1. The van der Waals surface area contributed by atoms with Crippen LogP contribution in [0.2, 0.25) is 5.02 Å². The minimum Gasteiger partial charge on any atom is -0.353 e. The van der Waals surface area contributed by atoms with Crippen LogP contribution >= 0.6 is 11.6 Å². The molecule has 158 valence electrons. The van der Waals surface area contributed by atoms with E-state index in [0.29, 0.717) is 43.2 Å². The number of carbonyl (C=O) groups is 1. The van der Waals surface area contributed by atoms with Gasteiger partial charge in [-0.05, 0) is 37.3 Å². The zero-order valence-electron chi connectivity index (χ0n) is 16.1. The third-order valence-electron chi connectivity index (χ3n) is 4.97. The van der Waals surface area contributed by atoms with Gasteiger partial charge in [0.05, 0.1) is 28.3 Å². The van der Waals surface area contributed by atoms with E-state index in [0.717, 1.165) is 12.3 Å². The van der Waals surface area contributed by atoms with Crippen LogP contribution in [0.5, 0.6) is 0 Å². The number of anilines is 2. The summed E-state index contributed by atoms with van der Waals surface area (Å²) in [5.74, 6) is 0.123. The Balaban J connectivity index is 1.58. The second-order valence-corrected chi connectivity index (χ2v) is 7.31. The van der Waals surface area contributed by atoms with Gasteiger partial charge in [-0.1, -0.05) is 11.6 Å². The van der Waals surface area contributed by atoms with Gasteiger partial charge in [-0.25, -0.2) is 4.98 Å². The molecule has 0 radical (unpaired) electrons. The molecule has 1 aliphatic heterocycles. The van der Waals surface area contributed by atoms with E-state index in [1.165, 1.54) is 0 Å². The molecule has 3 rings (SSSR count). The Hall–Kier alpha value is -2.83. The quantitative estimate of drug-likeness (QED) is 0.788. The lowest BCUT2D eigenvalue weighted by atomic mass is 10.2. The summed E-state index contributed by atoms with van der Waals surface area (Å²) in [6, 6.07) is 9.07. The molecule has 2 aromatic rings. The second-order valence-electron chi connectivity index (χ2n) is 6.90. The van der Waals surface area contributed by atoms with Gasteiger partial charge in [-0.3, -0.25) is 9.69 Å². The summed E-state index contributed by atoms with van der Waals surface area (Å²) in [7, 11) is 0. The highest BCUT2D eigenvalue weighted by molar-refractivity contribution is 6.33. The van der Waals surface area contributed by atoms with Gasteiger partial charge >= 0.3 is 6.18 Å². The fourth-order valence-electron chi connectivity index (χ4n) is 3.18. The van der Waals surface area contributed by atoms with Crippen LogP contribution in [0.4, 0.5) is 24.7 Å².